The molecule has 0 aliphatic heterocycles. The SMILES string of the molecule is C[C@H](Cn1cnc2c(N)ncnc21)OCP(=S)(OCOC(=O)C1CCCC1)OCOC(=O)C1CCCC1. The summed E-state index contributed by atoms with van der Waals surface area (Å²) in [4.78, 5) is 37.0. The minimum absolute atomic E-state index is 0.0742. The van der Waals surface area contributed by atoms with Gasteiger partial charge >= 0.3 is 11.9 Å². The van der Waals surface area contributed by atoms with E-state index in [9.17, 15) is 9.59 Å². The highest BCUT2D eigenvalue weighted by Gasteiger charge is 2.28. The van der Waals surface area contributed by atoms with Crippen molar-refractivity contribution in [1.82, 2.24) is 19.5 Å². The standard InChI is InChI=1S/C23H34N5O7PS/c1-16(10-28-12-27-19-20(24)25-11-26-21(19)28)33-15-36(37,34-13-31-22(29)17-6-2-3-7-17)35-14-32-23(30)18-8-4-5-9-18/h11-12,16-18H,2-10,13-15H2,1H3,(H2,24,25,26)/t16-/m1/s1. The fourth-order valence-electron chi connectivity index (χ4n) is 4.58. The van der Waals surface area contributed by atoms with Crippen LogP contribution in [0.3, 0.4) is 0 Å². The van der Waals surface area contributed by atoms with E-state index in [1.54, 1.807) is 10.9 Å². The van der Waals surface area contributed by atoms with Gasteiger partial charge in [-0.1, -0.05) is 25.7 Å². The van der Waals surface area contributed by atoms with Gasteiger partial charge in [0.1, 0.15) is 18.2 Å². The number of nitrogens with two attached hydrogens (primary N) is 1. The molecule has 0 spiro atoms. The van der Waals surface area contributed by atoms with Crippen LogP contribution < -0.4 is 5.73 Å². The maximum Gasteiger partial charge on any atom is 0.311 e. The number of rotatable bonds is 13. The Morgan fingerprint density at radius 2 is 1.59 bits per heavy atom. The predicted molar refractivity (Wildman–Crippen MR) is 137 cm³/mol. The first-order valence-corrected chi connectivity index (χ1v) is 15.4. The lowest BCUT2D eigenvalue weighted by molar-refractivity contribution is -0.156. The highest BCUT2D eigenvalue weighted by atomic mass is 32.5. The van der Waals surface area contributed by atoms with Crippen LogP contribution in [0.2, 0.25) is 0 Å². The molecule has 2 saturated carbocycles. The number of ether oxygens (including phenoxy) is 3. The quantitative estimate of drug-likeness (QED) is 0.219. The number of fused-ring (bicyclic) bond motifs is 1. The number of nitrogens with zero attached hydrogens (tertiary/aromatic N) is 4. The van der Waals surface area contributed by atoms with Gasteiger partial charge in [0.15, 0.2) is 25.1 Å². The molecule has 14 heteroatoms. The van der Waals surface area contributed by atoms with Crippen LogP contribution in [0.1, 0.15) is 58.3 Å². The van der Waals surface area contributed by atoms with Crippen molar-refractivity contribution in [3.63, 3.8) is 0 Å². The van der Waals surface area contributed by atoms with Gasteiger partial charge in [0, 0.05) is 0 Å². The van der Waals surface area contributed by atoms with Crippen molar-refractivity contribution in [2.75, 3.05) is 25.7 Å². The Labute approximate surface area is 220 Å². The third kappa shape index (κ3) is 7.67. The number of imidazole rings is 1. The number of nitrogen functional groups attached to an aromatic ring is 1. The summed E-state index contributed by atoms with van der Waals surface area (Å²) in [5.41, 5.74) is 6.96. The molecule has 2 N–H and O–H groups in total. The Kier molecular flexibility index (Phi) is 9.83. The number of carbonyl (C=O) groups excluding carboxylic acids is 2. The van der Waals surface area contributed by atoms with Crippen molar-refractivity contribution in [2.45, 2.75) is 70.9 Å². The first-order valence-electron chi connectivity index (χ1n) is 12.6. The number of aromatic nitrogens is 4. The topological polar surface area (TPSA) is 150 Å². The summed E-state index contributed by atoms with van der Waals surface area (Å²) in [6, 6.07) is 0. The van der Waals surface area contributed by atoms with Gasteiger partial charge in [-0.15, -0.1) is 0 Å². The fourth-order valence-corrected chi connectivity index (χ4v) is 6.11. The van der Waals surface area contributed by atoms with Gasteiger partial charge in [-0.3, -0.25) is 18.6 Å². The molecule has 2 aromatic heterocycles. The van der Waals surface area contributed by atoms with Crippen LogP contribution in [0.5, 0.6) is 0 Å². The lowest BCUT2D eigenvalue weighted by Gasteiger charge is -2.24. The van der Waals surface area contributed by atoms with Crippen LogP contribution in [0.25, 0.3) is 11.2 Å². The van der Waals surface area contributed by atoms with E-state index in [1.807, 2.05) is 6.92 Å². The molecule has 0 aromatic carbocycles. The third-order valence-corrected chi connectivity index (χ3v) is 9.09. The predicted octanol–water partition coefficient (Wildman–Crippen LogP) is 3.50. The molecule has 0 amide bonds. The molecule has 204 valence electrons. The van der Waals surface area contributed by atoms with E-state index in [2.05, 4.69) is 15.0 Å². The zero-order valence-corrected chi connectivity index (χ0v) is 22.7. The van der Waals surface area contributed by atoms with Crippen molar-refractivity contribution in [1.29, 1.82) is 0 Å². The van der Waals surface area contributed by atoms with E-state index >= 15 is 0 Å². The minimum atomic E-state index is -3.11. The monoisotopic (exact) mass is 555 g/mol. The van der Waals surface area contributed by atoms with Gasteiger partial charge in [-0.05, 0) is 44.4 Å². The molecule has 4 rings (SSSR count). The van der Waals surface area contributed by atoms with E-state index in [4.69, 9.17) is 40.8 Å². The molecule has 0 bridgehead atoms. The lowest BCUT2D eigenvalue weighted by atomic mass is 10.1. The van der Waals surface area contributed by atoms with Gasteiger partial charge in [-0.25, -0.2) is 15.0 Å². The fraction of sp³-hybridized carbons (Fsp3) is 0.696. The number of anilines is 1. The number of carbonyl (C=O) groups is 2. The molecule has 2 aliphatic carbocycles. The molecule has 2 aromatic rings. The molecule has 2 aliphatic rings. The highest BCUT2D eigenvalue weighted by Crippen LogP contribution is 2.49. The molecule has 37 heavy (non-hydrogen) atoms. The Morgan fingerprint density at radius 3 is 2.16 bits per heavy atom. The van der Waals surface area contributed by atoms with E-state index in [0.29, 0.717) is 23.5 Å². The van der Waals surface area contributed by atoms with E-state index in [1.165, 1.54) is 6.33 Å². The molecule has 1 atom stereocenters. The summed E-state index contributed by atoms with van der Waals surface area (Å²) < 4.78 is 29.8. The zero-order valence-electron chi connectivity index (χ0n) is 21.0. The van der Waals surface area contributed by atoms with Gasteiger partial charge in [0.2, 0.25) is 6.49 Å². The third-order valence-electron chi connectivity index (χ3n) is 6.68. The molecule has 0 saturated heterocycles. The molecule has 2 fully saturated rings. The maximum atomic E-state index is 12.3. The van der Waals surface area contributed by atoms with Crippen LogP contribution in [-0.4, -0.2) is 57.5 Å². The average molecular weight is 556 g/mol. The molecular formula is C23H34N5O7PS. The van der Waals surface area contributed by atoms with Crippen LogP contribution in [-0.2, 0) is 51.2 Å². The van der Waals surface area contributed by atoms with Crippen molar-refractivity contribution < 1.29 is 32.8 Å². The van der Waals surface area contributed by atoms with Crippen LogP contribution in [0, 0.1) is 11.8 Å². The summed E-state index contributed by atoms with van der Waals surface area (Å²) in [5, 5.41) is 0. The maximum absolute atomic E-state index is 12.3. The second-order valence-electron chi connectivity index (χ2n) is 9.43. The van der Waals surface area contributed by atoms with Crippen LogP contribution in [0.15, 0.2) is 12.7 Å². The van der Waals surface area contributed by atoms with Gasteiger partial charge in [0.25, 0.3) is 0 Å². The summed E-state index contributed by atoms with van der Waals surface area (Å²) in [7, 11) is 0. The first kappa shape index (κ1) is 27.8. The summed E-state index contributed by atoms with van der Waals surface area (Å²) in [5.74, 6) is -0.500. The molecular weight excluding hydrogens is 521 g/mol. The van der Waals surface area contributed by atoms with Crippen LogP contribution in [0.4, 0.5) is 5.82 Å². The second kappa shape index (κ2) is 13.1. The smallest absolute Gasteiger partial charge is 0.311 e. The highest BCUT2D eigenvalue weighted by molar-refractivity contribution is 8.09. The molecule has 2 heterocycles. The number of hydrogen-bond donors (Lipinski definition) is 1. The Balaban J connectivity index is 1.31. The summed E-state index contributed by atoms with van der Waals surface area (Å²) in [6.45, 7) is -1.53. The summed E-state index contributed by atoms with van der Waals surface area (Å²) in [6.07, 6.45) is 9.94. The Morgan fingerprint density at radius 1 is 1.03 bits per heavy atom. The lowest BCUT2D eigenvalue weighted by Crippen LogP contribution is -2.21. The average Bonchev–Trinajstić information content (AvgIpc) is 3.66. The zero-order chi connectivity index (χ0) is 26.3. The number of esters is 2. The first-order chi connectivity index (χ1) is 17.8. The van der Waals surface area contributed by atoms with Crippen molar-refractivity contribution >= 4 is 47.2 Å². The van der Waals surface area contributed by atoms with E-state index in [0.717, 1.165) is 51.4 Å². The Bertz CT molecular complexity index is 1080. The molecule has 12 nitrogen and oxygen atoms in total. The minimum Gasteiger partial charge on any atom is -0.438 e. The van der Waals surface area contributed by atoms with Crippen molar-refractivity contribution in [3.8, 4) is 0 Å². The van der Waals surface area contributed by atoms with Gasteiger partial charge in [0.05, 0.1) is 30.8 Å². The normalized spacial score (nSPS) is 17.9. The van der Waals surface area contributed by atoms with Gasteiger partial charge in [-0.2, -0.15) is 0 Å². The molecule has 0 radical (unpaired) electrons. The van der Waals surface area contributed by atoms with E-state index < -0.39 is 6.49 Å². The summed E-state index contributed by atoms with van der Waals surface area (Å²) >= 11 is 5.64. The Hall–Kier alpha value is -2.18. The van der Waals surface area contributed by atoms with Gasteiger partial charge < -0.3 is 24.5 Å². The largest absolute Gasteiger partial charge is 0.438 e. The molecule has 0 unspecified atom stereocenters. The van der Waals surface area contributed by atoms with Crippen LogP contribution >= 0.6 is 6.49 Å². The van der Waals surface area contributed by atoms with E-state index in [-0.39, 0.29) is 49.8 Å². The van der Waals surface area contributed by atoms with Crippen molar-refractivity contribution in [3.05, 3.63) is 12.7 Å². The van der Waals surface area contributed by atoms with Crippen molar-refractivity contribution in [2.24, 2.45) is 11.8 Å². The number of hydrogen-bond acceptors (Lipinski definition) is 12. The second-order valence-corrected chi connectivity index (χ2v) is 13.1.